The molecule has 0 aliphatic rings. The lowest BCUT2D eigenvalue weighted by molar-refractivity contribution is -0.136. The van der Waals surface area contributed by atoms with E-state index in [-0.39, 0.29) is 0 Å². The zero-order valence-corrected chi connectivity index (χ0v) is 10.3. The Morgan fingerprint density at radius 1 is 1.31 bits per heavy atom. The molecule has 96 valence electrons. The van der Waals surface area contributed by atoms with Crippen LogP contribution in [0.3, 0.4) is 0 Å². The molecule has 0 spiro atoms. The van der Waals surface area contributed by atoms with Gasteiger partial charge in [-0.05, 0) is 6.42 Å². The van der Waals surface area contributed by atoms with Gasteiger partial charge >= 0.3 is 13.6 Å². The van der Waals surface area contributed by atoms with Gasteiger partial charge in [0.05, 0.1) is 6.54 Å². The van der Waals surface area contributed by atoms with Crippen molar-refractivity contribution in [2.75, 3.05) is 6.54 Å². The number of aliphatic carboxylic acids is 1. The molecule has 0 aromatic rings. The van der Waals surface area contributed by atoms with Gasteiger partial charge in [0.25, 0.3) is 0 Å². The quantitative estimate of drug-likeness (QED) is 0.362. The fraction of sp³-hybridized carbons (Fsp3) is 0.889. The molecule has 0 rings (SSSR count). The van der Waals surface area contributed by atoms with E-state index in [1.807, 2.05) is 6.92 Å². The van der Waals surface area contributed by atoms with Crippen molar-refractivity contribution in [3.8, 4) is 0 Å². The van der Waals surface area contributed by atoms with Crippen molar-refractivity contribution >= 4 is 13.6 Å². The Balaban J connectivity index is 4.02. The molecule has 0 fully saturated rings. The molecule has 0 amide bonds. The van der Waals surface area contributed by atoms with Gasteiger partial charge in [-0.25, -0.2) is 0 Å². The van der Waals surface area contributed by atoms with E-state index < -0.39 is 25.9 Å². The van der Waals surface area contributed by atoms with E-state index in [0.717, 1.165) is 19.3 Å². The van der Waals surface area contributed by atoms with E-state index in [1.54, 1.807) is 0 Å². The number of hydrogen-bond donors (Lipinski definition) is 4. The highest BCUT2D eigenvalue weighted by Crippen LogP contribution is 2.41. The van der Waals surface area contributed by atoms with Crippen LogP contribution in [-0.4, -0.2) is 33.2 Å². The summed E-state index contributed by atoms with van der Waals surface area (Å²) in [5, 5.41) is 10.8. The smallest absolute Gasteiger partial charge is 0.342 e. The van der Waals surface area contributed by atoms with Gasteiger partial charge in [-0.2, -0.15) is 0 Å². The Morgan fingerprint density at radius 2 is 1.94 bits per heavy atom. The molecule has 0 saturated heterocycles. The van der Waals surface area contributed by atoms with Crippen molar-refractivity contribution in [3.05, 3.63) is 0 Å². The van der Waals surface area contributed by atoms with E-state index in [4.69, 9.17) is 14.9 Å². The van der Waals surface area contributed by atoms with Gasteiger partial charge in [0.2, 0.25) is 0 Å². The van der Waals surface area contributed by atoms with E-state index in [0.29, 0.717) is 12.8 Å². The predicted molar refractivity (Wildman–Crippen MR) is 60.2 cm³/mol. The van der Waals surface area contributed by atoms with E-state index in [1.165, 1.54) is 0 Å². The van der Waals surface area contributed by atoms with Crippen LogP contribution in [0.1, 0.15) is 39.0 Å². The number of carboxylic acid groups (broad SMARTS) is 1. The molecule has 0 saturated carbocycles. The van der Waals surface area contributed by atoms with Crippen molar-refractivity contribution in [1.29, 1.82) is 0 Å². The summed E-state index contributed by atoms with van der Waals surface area (Å²) in [6, 6.07) is 0. The Morgan fingerprint density at radius 3 is 2.38 bits per heavy atom. The van der Waals surface area contributed by atoms with Crippen molar-refractivity contribution < 1.29 is 24.3 Å². The monoisotopic (exact) mass is 253 g/mol. The topological polar surface area (TPSA) is 107 Å². The molecule has 0 radical (unpaired) electrons. The number of carbonyl (C=O) groups is 1. The molecule has 6 nitrogen and oxygen atoms in total. The van der Waals surface area contributed by atoms with Gasteiger partial charge in [0.15, 0.2) is 0 Å². The van der Waals surface area contributed by atoms with Crippen LogP contribution in [0, 0.1) is 0 Å². The SMILES string of the molecule is CCCCCCC(NCC(=O)O)P(=O)(O)O. The van der Waals surface area contributed by atoms with Crippen LogP contribution in [0.2, 0.25) is 0 Å². The Kier molecular flexibility index (Phi) is 7.58. The third-order valence-corrected chi connectivity index (χ3v) is 3.48. The highest BCUT2D eigenvalue weighted by atomic mass is 31.2. The van der Waals surface area contributed by atoms with Crippen LogP contribution in [-0.2, 0) is 9.36 Å². The van der Waals surface area contributed by atoms with Crippen molar-refractivity contribution in [2.45, 2.75) is 44.8 Å². The number of carboxylic acids is 1. The minimum atomic E-state index is -4.26. The average molecular weight is 253 g/mol. The summed E-state index contributed by atoms with van der Waals surface area (Å²) < 4.78 is 11.0. The third-order valence-electron chi connectivity index (χ3n) is 2.23. The summed E-state index contributed by atoms with van der Waals surface area (Å²) in [6.07, 6.45) is 3.96. The van der Waals surface area contributed by atoms with Crippen LogP contribution in [0.4, 0.5) is 0 Å². The molecule has 1 atom stereocenters. The summed E-state index contributed by atoms with van der Waals surface area (Å²) in [5.74, 6) is -2.16. The highest BCUT2D eigenvalue weighted by Gasteiger charge is 2.27. The lowest BCUT2D eigenvalue weighted by Crippen LogP contribution is -2.33. The van der Waals surface area contributed by atoms with Crippen molar-refractivity contribution in [3.63, 3.8) is 0 Å². The summed E-state index contributed by atoms with van der Waals surface area (Å²) >= 11 is 0. The van der Waals surface area contributed by atoms with E-state index in [2.05, 4.69) is 5.32 Å². The largest absolute Gasteiger partial charge is 0.480 e. The number of nitrogens with one attached hydrogen (secondary N) is 1. The van der Waals surface area contributed by atoms with Crippen LogP contribution >= 0.6 is 7.60 Å². The average Bonchev–Trinajstić information content (AvgIpc) is 2.14. The van der Waals surface area contributed by atoms with Gasteiger partial charge in [0, 0.05) is 0 Å². The summed E-state index contributed by atoms with van der Waals surface area (Å²) in [6.45, 7) is 1.62. The number of rotatable bonds is 9. The lowest BCUT2D eigenvalue weighted by Gasteiger charge is -2.18. The molecule has 0 aliphatic carbocycles. The fourth-order valence-electron chi connectivity index (χ4n) is 1.36. The first-order valence-electron chi connectivity index (χ1n) is 5.38. The Hall–Kier alpha value is -0.420. The number of unbranched alkanes of at least 4 members (excludes halogenated alkanes) is 3. The molecule has 1 unspecified atom stereocenters. The first-order chi connectivity index (χ1) is 7.38. The van der Waals surface area contributed by atoms with Crippen molar-refractivity contribution in [2.24, 2.45) is 0 Å². The fourth-order valence-corrected chi connectivity index (χ4v) is 2.21. The molecule has 0 aliphatic heterocycles. The summed E-state index contributed by atoms with van der Waals surface area (Å²) in [7, 11) is -4.26. The van der Waals surface area contributed by atoms with Gasteiger partial charge in [-0.15, -0.1) is 0 Å². The second-order valence-corrected chi connectivity index (χ2v) is 5.53. The van der Waals surface area contributed by atoms with Crippen LogP contribution in [0.5, 0.6) is 0 Å². The van der Waals surface area contributed by atoms with Gasteiger partial charge < -0.3 is 14.9 Å². The van der Waals surface area contributed by atoms with Crippen LogP contribution < -0.4 is 5.32 Å². The van der Waals surface area contributed by atoms with Gasteiger partial charge in [0.1, 0.15) is 5.78 Å². The van der Waals surface area contributed by atoms with Gasteiger partial charge in [-0.1, -0.05) is 32.6 Å². The lowest BCUT2D eigenvalue weighted by atomic mass is 10.1. The third kappa shape index (κ3) is 7.82. The molecule has 0 bridgehead atoms. The van der Waals surface area contributed by atoms with Crippen LogP contribution in [0.25, 0.3) is 0 Å². The zero-order valence-electron chi connectivity index (χ0n) is 9.43. The second kappa shape index (κ2) is 7.79. The van der Waals surface area contributed by atoms with Crippen LogP contribution in [0.15, 0.2) is 0 Å². The van der Waals surface area contributed by atoms with E-state index in [9.17, 15) is 9.36 Å². The van der Waals surface area contributed by atoms with Crippen molar-refractivity contribution in [1.82, 2.24) is 5.32 Å². The first-order valence-corrected chi connectivity index (χ1v) is 7.06. The molecule has 0 aromatic carbocycles. The summed E-state index contributed by atoms with van der Waals surface area (Å²) in [4.78, 5) is 28.3. The molecular formula is C9H20NO5P. The maximum absolute atomic E-state index is 11.0. The Bertz CT molecular complexity index is 252. The minimum Gasteiger partial charge on any atom is -0.480 e. The van der Waals surface area contributed by atoms with Gasteiger partial charge in [-0.3, -0.25) is 14.7 Å². The molecule has 4 N–H and O–H groups in total. The van der Waals surface area contributed by atoms with E-state index >= 15 is 0 Å². The standard InChI is InChI=1S/C9H20NO5P/c1-2-3-4-5-6-8(16(13,14)15)10-7-9(11)12/h8,10H,2-7H2,1H3,(H,11,12)(H2,13,14,15). The Labute approximate surface area is 95.2 Å². The second-order valence-electron chi connectivity index (χ2n) is 3.73. The maximum atomic E-state index is 11.0. The molecule has 0 heterocycles. The molecule has 0 aromatic heterocycles. The highest BCUT2D eigenvalue weighted by molar-refractivity contribution is 7.52. The predicted octanol–water partition coefficient (Wildman–Crippen LogP) is 1.13. The first kappa shape index (κ1) is 15.6. The molecular weight excluding hydrogens is 233 g/mol. The zero-order chi connectivity index (χ0) is 12.6. The molecule has 7 heteroatoms. The maximum Gasteiger partial charge on any atom is 0.342 e. The molecule has 16 heavy (non-hydrogen) atoms. The number of hydrogen-bond acceptors (Lipinski definition) is 3. The normalized spacial score (nSPS) is 13.7. The minimum absolute atomic E-state index is 0.303. The summed E-state index contributed by atoms with van der Waals surface area (Å²) in [5.41, 5.74) is 0.